The van der Waals surface area contributed by atoms with Crippen LogP contribution in [0.1, 0.15) is 18.5 Å². The molecule has 0 amide bonds. The van der Waals surface area contributed by atoms with Crippen molar-refractivity contribution < 1.29 is 0 Å². The van der Waals surface area contributed by atoms with Crippen LogP contribution in [0.5, 0.6) is 0 Å². The molecule has 0 saturated carbocycles. The number of benzene rings is 1. The van der Waals surface area contributed by atoms with Crippen molar-refractivity contribution >= 4 is 16.6 Å². The Labute approximate surface area is 82.7 Å². The van der Waals surface area contributed by atoms with E-state index in [-0.39, 0.29) is 6.04 Å². The Hall–Kier alpha value is -1.61. The number of hydrogen-bond donors (Lipinski definition) is 2. The van der Waals surface area contributed by atoms with Crippen molar-refractivity contribution in [1.29, 1.82) is 0 Å². The van der Waals surface area contributed by atoms with E-state index >= 15 is 0 Å². The molecule has 1 atom stereocenters. The predicted molar refractivity (Wildman–Crippen MR) is 58.8 cm³/mol. The highest BCUT2D eigenvalue weighted by atomic mass is 14.7. The minimum absolute atomic E-state index is 0.00176. The number of nitrogens with zero attached hydrogens (tertiary/aromatic N) is 1. The average Bonchev–Trinajstić information content (AvgIpc) is 2.17. The first-order chi connectivity index (χ1) is 6.68. The molecule has 4 N–H and O–H groups in total. The molecule has 0 saturated heterocycles. The van der Waals surface area contributed by atoms with Crippen LogP contribution in [0.15, 0.2) is 30.5 Å². The normalized spacial score (nSPS) is 13.0. The Morgan fingerprint density at radius 2 is 2.14 bits per heavy atom. The van der Waals surface area contributed by atoms with Gasteiger partial charge in [-0.1, -0.05) is 6.07 Å². The van der Waals surface area contributed by atoms with E-state index in [2.05, 4.69) is 4.98 Å². The van der Waals surface area contributed by atoms with Crippen LogP contribution >= 0.6 is 0 Å². The van der Waals surface area contributed by atoms with Crippen molar-refractivity contribution in [3.05, 3.63) is 36.0 Å². The van der Waals surface area contributed by atoms with E-state index in [1.807, 2.05) is 31.2 Å². The number of fused-ring (bicyclic) bond motifs is 1. The van der Waals surface area contributed by atoms with Crippen LogP contribution in [0, 0.1) is 0 Å². The zero-order valence-corrected chi connectivity index (χ0v) is 8.07. The van der Waals surface area contributed by atoms with Gasteiger partial charge in [-0.25, -0.2) is 0 Å². The highest BCUT2D eigenvalue weighted by Crippen LogP contribution is 2.23. The summed E-state index contributed by atoms with van der Waals surface area (Å²) in [6.07, 6.45) is 1.74. The molecule has 0 unspecified atom stereocenters. The summed E-state index contributed by atoms with van der Waals surface area (Å²) in [5, 5.41) is 1.04. The predicted octanol–water partition coefficient (Wildman–Crippen LogP) is 1.84. The third-order valence-corrected chi connectivity index (χ3v) is 2.28. The number of nitrogens with two attached hydrogens (primary N) is 2. The van der Waals surface area contributed by atoms with Crippen LogP contribution in [0.25, 0.3) is 10.9 Å². The van der Waals surface area contributed by atoms with Gasteiger partial charge < -0.3 is 11.5 Å². The molecule has 0 radical (unpaired) electrons. The van der Waals surface area contributed by atoms with Crippen LogP contribution in [0.3, 0.4) is 0 Å². The zero-order valence-electron chi connectivity index (χ0n) is 8.07. The van der Waals surface area contributed by atoms with Gasteiger partial charge in [0.15, 0.2) is 0 Å². The fraction of sp³-hybridized carbons (Fsp3) is 0.182. The average molecular weight is 187 g/mol. The quantitative estimate of drug-likeness (QED) is 0.669. The third kappa shape index (κ3) is 1.42. The topological polar surface area (TPSA) is 64.9 Å². The van der Waals surface area contributed by atoms with Gasteiger partial charge in [-0.15, -0.1) is 0 Å². The van der Waals surface area contributed by atoms with Gasteiger partial charge in [0.25, 0.3) is 0 Å². The monoisotopic (exact) mass is 187 g/mol. The molecular weight excluding hydrogens is 174 g/mol. The standard InChI is InChI=1S/C11H13N3/c1-7(12)9-5-8-3-2-4-14-11(8)10(13)6-9/h2-7H,12-13H2,1H3/t7-/m1/s1. The molecular formula is C11H13N3. The van der Waals surface area contributed by atoms with Crippen molar-refractivity contribution in [3.63, 3.8) is 0 Å². The van der Waals surface area contributed by atoms with Crippen molar-refractivity contribution in [1.82, 2.24) is 4.98 Å². The number of hydrogen-bond acceptors (Lipinski definition) is 3. The smallest absolute Gasteiger partial charge is 0.0931 e. The minimum atomic E-state index is 0.00176. The summed E-state index contributed by atoms with van der Waals surface area (Å²) in [6.45, 7) is 1.94. The molecule has 0 aliphatic rings. The van der Waals surface area contributed by atoms with Crippen molar-refractivity contribution in [2.45, 2.75) is 13.0 Å². The van der Waals surface area contributed by atoms with E-state index in [4.69, 9.17) is 11.5 Å². The summed E-state index contributed by atoms with van der Waals surface area (Å²) in [5.41, 5.74) is 14.3. The van der Waals surface area contributed by atoms with Crippen LogP contribution in [-0.4, -0.2) is 4.98 Å². The molecule has 0 aliphatic carbocycles. The minimum Gasteiger partial charge on any atom is -0.397 e. The highest BCUT2D eigenvalue weighted by Gasteiger charge is 2.04. The van der Waals surface area contributed by atoms with Crippen LogP contribution < -0.4 is 11.5 Å². The molecule has 1 heterocycles. The number of aromatic nitrogens is 1. The first-order valence-corrected chi connectivity index (χ1v) is 4.58. The number of pyridine rings is 1. The Kier molecular flexibility index (Phi) is 2.09. The number of anilines is 1. The van der Waals surface area contributed by atoms with Gasteiger partial charge in [0, 0.05) is 17.6 Å². The lowest BCUT2D eigenvalue weighted by Gasteiger charge is -2.08. The van der Waals surface area contributed by atoms with E-state index in [1.165, 1.54) is 0 Å². The molecule has 3 heteroatoms. The Morgan fingerprint density at radius 3 is 2.86 bits per heavy atom. The van der Waals surface area contributed by atoms with Gasteiger partial charge in [-0.2, -0.15) is 0 Å². The van der Waals surface area contributed by atoms with Crippen molar-refractivity contribution in [2.75, 3.05) is 5.73 Å². The molecule has 1 aromatic carbocycles. The second-order valence-electron chi connectivity index (χ2n) is 3.47. The van der Waals surface area contributed by atoms with Crippen molar-refractivity contribution in [2.24, 2.45) is 5.73 Å². The molecule has 72 valence electrons. The SMILES string of the molecule is C[C@@H](N)c1cc(N)c2ncccc2c1. The van der Waals surface area contributed by atoms with Gasteiger partial charge in [0.1, 0.15) is 0 Å². The van der Waals surface area contributed by atoms with Crippen LogP contribution in [0.2, 0.25) is 0 Å². The zero-order chi connectivity index (χ0) is 10.1. The number of nitrogen functional groups attached to an aromatic ring is 1. The summed E-state index contributed by atoms with van der Waals surface area (Å²) < 4.78 is 0. The Balaban J connectivity index is 2.72. The molecule has 3 nitrogen and oxygen atoms in total. The Morgan fingerprint density at radius 1 is 1.36 bits per heavy atom. The van der Waals surface area contributed by atoms with Crippen molar-refractivity contribution in [3.8, 4) is 0 Å². The first-order valence-electron chi connectivity index (χ1n) is 4.58. The van der Waals surface area contributed by atoms with Gasteiger partial charge >= 0.3 is 0 Å². The number of rotatable bonds is 1. The maximum absolute atomic E-state index is 5.88. The van der Waals surface area contributed by atoms with E-state index in [0.717, 1.165) is 16.5 Å². The van der Waals surface area contributed by atoms with E-state index < -0.39 is 0 Å². The highest BCUT2D eigenvalue weighted by molar-refractivity contribution is 5.89. The second-order valence-corrected chi connectivity index (χ2v) is 3.47. The molecule has 0 fully saturated rings. The van der Waals surface area contributed by atoms with Crippen LogP contribution in [-0.2, 0) is 0 Å². The fourth-order valence-corrected chi connectivity index (χ4v) is 1.51. The van der Waals surface area contributed by atoms with Gasteiger partial charge in [0.2, 0.25) is 0 Å². The largest absolute Gasteiger partial charge is 0.397 e. The molecule has 0 bridgehead atoms. The van der Waals surface area contributed by atoms with Gasteiger partial charge in [0.05, 0.1) is 11.2 Å². The molecule has 2 aromatic rings. The second kappa shape index (κ2) is 3.27. The fourth-order valence-electron chi connectivity index (χ4n) is 1.51. The molecule has 0 spiro atoms. The van der Waals surface area contributed by atoms with E-state index in [1.54, 1.807) is 6.20 Å². The maximum Gasteiger partial charge on any atom is 0.0931 e. The first kappa shape index (κ1) is 8.97. The lowest BCUT2D eigenvalue weighted by atomic mass is 10.0. The molecule has 0 aliphatic heterocycles. The lowest BCUT2D eigenvalue weighted by Crippen LogP contribution is -2.05. The molecule has 1 aromatic heterocycles. The summed E-state index contributed by atoms with van der Waals surface area (Å²) in [7, 11) is 0. The van der Waals surface area contributed by atoms with E-state index in [9.17, 15) is 0 Å². The summed E-state index contributed by atoms with van der Waals surface area (Å²) in [4.78, 5) is 4.22. The van der Waals surface area contributed by atoms with Crippen LogP contribution in [0.4, 0.5) is 5.69 Å². The lowest BCUT2D eigenvalue weighted by molar-refractivity contribution is 0.820. The van der Waals surface area contributed by atoms with Gasteiger partial charge in [-0.3, -0.25) is 4.98 Å². The third-order valence-electron chi connectivity index (χ3n) is 2.28. The molecule has 14 heavy (non-hydrogen) atoms. The molecule has 2 rings (SSSR count). The Bertz CT molecular complexity index is 463. The van der Waals surface area contributed by atoms with Gasteiger partial charge in [-0.05, 0) is 30.7 Å². The summed E-state index contributed by atoms with van der Waals surface area (Å²) >= 11 is 0. The summed E-state index contributed by atoms with van der Waals surface area (Å²) in [5.74, 6) is 0. The van der Waals surface area contributed by atoms with E-state index in [0.29, 0.717) is 5.69 Å². The maximum atomic E-state index is 5.88. The summed E-state index contributed by atoms with van der Waals surface area (Å²) in [6, 6.07) is 7.81.